The molecule has 0 aromatic carbocycles. The fourth-order valence-corrected chi connectivity index (χ4v) is 2.92. The molecule has 5 N–H and O–H groups in total. The van der Waals surface area contributed by atoms with Gasteiger partial charge in [0.25, 0.3) is 11.8 Å². The zero-order chi connectivity index (χ0) is 18.4. The van der Waals surface area contributed by atoms with Crippen molar-refractivity contribution < 1.29 is 14.4 Å². The molecule has 138 valence electrons. The second-order valence-corrected chi connectivity index (χ2v) is 6.42. The molecule has 1 aromatic rings. The lowest BCUT2D eigenvalue weighted by Gasteiger charge is -2.36. The van der Waals surface area contributed by atoms with Gasteiger partial charge >= 0.3 is 0 Å². The standard InChI is InChI=1S/C17H27N5O3/c1-3-22(4-2)10-15(23)19-9-11-7-12(8-11)20-17(25)14-6-5-13(21-14)16(18)24/h5-6,11-12,21H,3-4,7-10H2,1-2H3,(H2,18,24)(H,19,23)(H,20,25). The number of nitrogens with zero attached hydrogens (tertiary/aromatic N) is 1. The van der Waals surface area contributed by atoms with E-state index in [0.29, 0.717) is 24.7 Å². The number of rotatable bonds is 9. The molecule has 0 saturated heterocycles. The first kappa shape index (κ1) is 19.0. The molecule has 0 bridgehead atoms. The first-order valence-corrected chi connectivity index (χ1v) is 8.71. The maximum atomic E-state index is 12.1. The highest BCUT2D eigenvalue weighted by atomic mass is 16.2. The fourth-order valence-electron chi connectivity index (χ4n) is 2.92. The monoisotopic (exact) mass is 349 g/mol. The second-order valence-electron chi connectivity index (χ2n) is 6.42. The second kappa shape index (κ2) is 8.66. The number of nitrogens with one attached hydrogen (secondary N) is 3. The average Bonchev–Trinajstić information content (AvgIpc) is 3.04. The lowest BCUT2D eigenvalue weighted by atomic mass is 9.80. The zero-order valence-corrected chi connectivity index (χ0v) is 14.8. The highest BCUT2D eigenvalue weighted by Gasteiger charge is 2.31. The summed E-state index contributed by atoms with van der Waals surface area (Å²) in [5.74, 6) is -0.415. The third kappa shape index (κ3) is 5.32. The molecule has 1 aliphatic carbocycles. The van der Waals surface area contributed by atoms with Gasteiger partial charge in [-0.15, -0.1) is 0 Å². The number of carbonyl (C=O) groups excluding carboxylic acids is 3. The van der Waals surface area contributed by atoms with Crippen molar-refractivity contribution in [1.29, 1.82) is 0 Å². The van der Waals surface area contributed by atoms with Crippen LogP contribution in [0.3, 0.4) is 0 Å². The van der Waals surface area contributed by atoms with Gasteiger partial charge in [-0.3, -0.25) is 19.3 Å². The van der Waals surface area contributed by atoms with Crippen molar-refractivity contribution in [2.75, 3.05) is 26.2 Å². The van der Waals surface area contributed by atoms with Crippen LogP contribution in [0.5, 0.6) is 0 Å². The van der Waals surface area contributed by atoms with E-state index in [0.717, 1.165) is 25.9 Å². The van der Waals surface area contributed by atoms with Gasteiger partial charge in [0.15, 0.2) is 0 Å². The number of aromatic nitrogens is 1. The lowest BCUT2D eigenvalue weighted by Crippen LogP contribution is -2.48. The van der Waals surface area contributed by atoms with Crippen LogP contribution in [0, 0.1) is 5.92 Å². The number of hydrogen-bond acceptors (Lipinski definition) is 4. The summed E-state index contributed by atoms with van der Waals surface area (Å²) in [5, 5.41) is 5.86. The molecule has 0 spiro atoms. The summed E-state index contributed by atoms with van der Waals surface area (Å²) in [7, 11) is 0. The Morgan fingerprint density at radius 2 is 1.84 bits per heavy atom. The van der Waals surface area contributed by atoms with Crippen LogP contribution in [0.15, 0.2) is 12.1 Å². The highest BCUT2D eigenvalue weighted by molar-refractivity contribution is 5.96. The SMILES string of the molecule is CCN(CC)CC(=O)NCC1CC(NC(=O)c2ccc(C(N)=O)[nH]2)C1. The van der Waals surface area contributed by atoms with E-state index in [-0.39, 0.29) is 23.6 Å². The summed E-state index contributed by atoms with van der Waals surface area (Å²) in [6.07, 6.45) is 1.67. The molecule has 3 amide bonds. The van der Waals surface area contributed by atoms with E-state index in [1.165, 1.54) is 6.07 Å². The Morgan fingerprint density at radius 3 is 2.40 bits per heavy atom. The summed E-state index contributed by atoms with van der Waals surface area (Å²) >= 11 is 0. The number of hydrogen-bond donors (Lipinski definition) is 4. The molecule has 2 rings (SSSR count). The zero-order valence-electron chi connectivity index (χ0n) is 14.8. The summed E-state index contributed by atoms with van der Waals surface area (Å²) in [5.41, 5.74) is 5.69. The lowest BCUT2D eigenvalue weighted by molar-refractivity contribution is -0.122. The van der Waals surface area contributed by atoms with E-state index >= 15 is 0 Å². The number of primary amides is 1. The van der Waals surface area contributed by atoms with E-state index in [4.69, 9.17) is 5.73 Å². The minimum absolute atomic E-state index is 0.0431. The van der Waals surface area contributed by atoms with Crippen LogP contribution in [0.4, 0.5) is 0 Å². The molecule has 0 atom stereocenters. The summed E-state index contributed by atoms with van der Waals surface area (Å²) in [6.45, 7) is 6.85. The largest absolute Gasteiger partial charge is 0.364 e. The van der Waals surface area contributed by atoms with Crippen molar-refractivity contribution in [2.24, 2.45) is 11.7 Å². The molecule has 0 radical (unpaired) electrons. The minimum atomic E-state index is -0.594. The van der Waals surface area contributed by atoms with Gasteiger partial charge < -0.3 is 21.4 Å². The molecule has 1 saturated carbocycles. The van der Waals surface area contributed by atoms with Crippen molar-refractivity contribution in [3.05, 3.63) is 23.5 Å². The number of H-pyrrole nitrogens is 1. The Balaban J connectivity index is 1.66. The van der Waals surface area contributed by atoms with Gasteiger partial charge in [-0.05, 0) is 44.0 Å². The number of nitrogens with two attached hydrogens (primary N) is 1. The normalized spacial score (nSPS) is 19.3. The Kier molecular flexibility index (Phi) is 6.58. The van der Waals surface area contributed by atoms with Gasteiger partial charge in [0, 0.05) is 12.6 Å². The Hall–Kier alpha value is -2.35. The van der Waals surface area contributed by atoms with Crippen molar-refractivity contribution in [2.45, 2.75) is 32.7 Å². The van der Waals surface area contributed by atoms with Crippen LogP contribution >= 0.6 is 0 Å². The smallest absolute Gasteiger partial charge is 0.267 e. The van der Waals surface area contributed by atoms with Gasteiger partial charge in [0.05, 0.1) is 6.54 Å². The van der Waals surface area contributed by atoms with Crippen LogP contribution in [0.2, 0.25) is 0 Å². The molecule has 25 heavy (non-hydrogen) atoms. The van der Waals surface area contributed by atoms with E-state index in [1.54, 1.807) is 6.07 Å². The number of carbonyl (C=O) groups is 3. The van der Waals surface area contributed by atoms with Crippen LogP contribution in [-0.2, 0) is 4.79 Å². The van der Waals surface area contributed by atoms with Crippen LogP contribution < -0.4 is 16.4 Å². The summed E-state index contributed by atoms with van der Waals surface area (Å²) in [4.78, 5) is 39.7. The number of likely N-dealkylation sites (N-methyl/N-ethyl adjacent to an activating group) is 1. The van der Waals surface area contributed by atoms with Gasteiger partial charge in [0.1, 0.15) is 11.4 Å². The Morgan fingerprint density at radius 1 is 1.20 bits per heavy atom. The maximum absolute atomic E-state index is 12.1. The quantitative estimate of drug-likeness (QED) is 0.504. The molecule has 0 aliphatic heterocycles. The van der Waals surface area contributed by atoms with Gasteiger partial charge in [-0.25, -0.2) is 0 Å². The predicted octanol–water partition coefficient (Wildman–Crippen LogP) is 0.0800. The van der Waals surface area contributed by atoms with Crippen molar-refractivity contribution >= 4 is 17.7 Å². The number of aromatic amines is 1. The molecule has 1 heterocycles. The minimum Gasteiger partial charge on any atom is -0.364 e. The van der Waals surface area contributed by atoms with E-state index < -0.39 is 5.91 Å². The molecule has 0 unspecified atom stereocenters. The summed E-state index contributed by atoms with van der Waals surface area (Å²) in [6, 6.07) is 3.13. The van der Waals surface area contributed by atoms with E-state index in [1.807, 2.05) is 13.8 Å². The molecular weight excluding hydrogens is 322 g/mol. The molecule has 1 fully saturated rings. The molecule has 8 heteroatoms. The fraction of sp³-hybridized carbons (Fsp3) is 0.588. The molecule has 8 nitrogen and oxygen atoms in total. The maximum Gasteiger partial charge on any atom is 0.267 e. The van der Waals surface area contributed by atoms with Crippen molar-refractivity contribution in [3.63, 3.8) is 0 Å². The first-order valence-electron chi connectivity index (χ1n) is 8.71. The number of amides is 3. The first-order chi connectivity index (χ1) is 11.9. The highest BCUT2D eigenvalue weighted by Crippen LogP contribution is 2.26. The third-order valence-corrected chi connectivity index (χ3v) is 4.62. The Labute approximate surface area is 147 Å². The van der Waals surface area contributed by atoms with Crippen LogP contribution in [0.1, 0.15) is 47.7 Å². The van der Waals surface area contributed by atoms with E-state index in [9.17, 15) is 14.4 Å². The molecule has 1 aliphatic rings. The van der Waals surface area contributed by atoms with Crippen molar-refractivity contribution in [1.82, 2.24) is 20.5 Å². The summed E-state index contributed by atoms with van der Waals surface area (Å²) < 4.78 is 0. The van der Waals surface area contributed by atoms with Crippen LogP contribution in [-0.4, -0.2) is 59.8 Å². The van der Waals surface area contributed by atoms with Gasteiger partial charge in [-0.2, -0.15) is 0 Å². The van der Waals surface area contributed by atoms with Gasteiger partial charge in [0.2, 0.25) is 5.91 Å². The molecule has 1 aromatic heterocycles. The van der Waals surface area contributed by atoms with Crippen LogP contribution in [0.25, 0.3) is 0 Å². The topological polar surface area (TPSA) is 120 Å². The predicted molar refractivity (Wildman–Crippen MR) is 94.1 cm³/mol. The Bertz CT molecular complexity index is 618. The third-order valence-electron chi connectivity index (χ3n) is 4.62. The molecular formula is C17H27N5O3. The van der Waals surface area contributed by atoms with Crippen molar-refractivity contribution in [3.8, 4) is 0 Å². The van der Waals surface area contributed by atoms with Gasteiger partial charge in [-0.1, -0.05) is 13.8 Å². The average molecular weight is 349 g/mol. The van der Waals surface area contributed by atoms with E-state index in [2.05, 4.69) is 20.5 Å².